The number of aryl methyl sites for hydroxylation is 1. The first-order valence-electron chi connectivity index (χ1n) is 6.78. The number of amides is 2. The molecule has 1 aromatic heterocycles. The van der Waals surface area contributed by atoms with Crippen LogP contribution in [-0.4, -0.2) is 51.8 Å². The van der Waals surface area contributed by atoms with Crippen LogP contribution in [0.1, 0.15) is 13.3 Å². The van der Waals surface area contributed by atoms with Gasteiger partial charge in [-0.25, -0.2) is 4.68 Å². The Morgan fingerprint density at radius 1 is 1.33 bits per heavy atom. The van der Waals surface area contributed by atoms with Gasteiger partial charge in [-0.05, 0) is 19.1 Å². The predicted octanol–water partition coefficient (Wildman–Crippen LogP) is 0.414. The maximum absolute atomic E-state index is 11.9. The molecule has 7 nitrogen and oxygen atoms in total. The summed E-state index contributed by atoms with van der Waals surface area (Å²) in [6.07, 6.45) is 0.248. The highest BCUT2D eigenvalue weighted by atomic mass is 16.2. The van der Waals surface area contributed by atoms with Crippen molar-refractivity contribution in [1.82, 2.24) is 25.2 Å². The van der Waals surface area contributed by atoms with E-state index in [2.05, 4.69) is 15.6 Å². The van der Waals surface area contributed by atoms with Crippen LogP contribution in [0.4, 0.5) is 0 Å². The van der Waals surface area contributed by atoms with Crippen molar-refractivity contribution in [2.45, 2.75) is 25.9 Å². The zero-order valence-corrected chi connectivity index (χ0v) is 12.4. The van der Waals surface area contributed by atoms with Crippen molar-refractivity contribution in [3.63, 3.8) is 0 Å². The number of nitrogens with one attached hydrogen (secondary N) is 1. The molecule has 2 amide bonds. The fourth-order valence-corrected chi connectivity index (χ4v) is 2.05. The second-order valence-electron chi connectivity index (χ2n) is 5.07. The molecule has 7 heteroatoms. The van der Waals surface area contributed by atoms with Gasteiger partial charge >= 0.3 is 0 Å². The van der Waals surface area contributed by atoms with Crippen LogP contribution in [0.3, 0.4) is 0 Å². The quantitative estimate of drug-likeness (QED) is 0.865. The third-order valence-corrected chi connectivity index (χ3v) is 3.16. The van der Waals surface area contributed by atoms with E-state index in [9.17, 15) is 9.59 Å². The lowest BCUT2D eigenvalue weighted by molar-refractivity contribution is -0.134. The number of nitrogens with zero attached hydrogens (tertiary/aromatic N) is 4. The largest absolute Gasteiger partial charge is 0.347 e. The molecule has 2 aromatic rings. The first kappa shape index (κ1) is 15.0. The lowest BCUT2D eigenvalue weighted by Crippen LogP contribution is -2.44. The molecule has 0 spiro atoms. The van der Waals surface area contributed by atoms with Crippen molar-refractivity contribution in [3.8, 4) is 0 Å². The van der Waals surface area contributed by atoms with Crippen molar-refractivity contribution < 1.29 is 9.59 Å². The number of aromatic nitrogens is 3. The molecule has 0 aliphatic rings. The molecule has 0 saturated heterocycles. The van der Waals surface area contributed by atoms with Gasteiger partial charge in [0.15, 0.2) is 0 Å². The number of rotatable bonds is 5. The smallest absolute Gasteiger partial charge is 0.244 e. The van der Waals surface area contributed by atoms with Gasteiger partial charge < -0.3 is 10.2 Å². The van der Waals surface area contributed by atoms with Gasteiger partial charge in [0.1, 0.15) is 11.6 Å². The number of benzene rings is 1. The second kappa shape index (κ2) is 6.34. The van der Waals surface area contributed by atoms with Gasteiger partial charge in [-0.3, -0.25) is 9.59 Å². The molecule has 0 aliphatic heterocycles. The summed E-state index contributed by atoms with van der Waals surface area (Å²) in [6, 6.07) is 7.05. The SMILES string of the molecule is C[C@H](NC(=O)CCn1nnc2ccccc21)C(=O)N(C)C. The fourth-order valence-electron chi connectivity index (χ4n) is 2.05. The first-order valence-corrected chi connectivity index (χ1v) is 6.78. The Bertz CT molecular complexity index is 650. The standard InChI is InChI=1S/C14H19N5O2/c1-10(14(21)18(2)3)15-13(20)8-9-19-12-7-5-4-6-11(12)16-17-19/h4-7,10H,8-9H2,1-3H3,(H,15,20)/t10-/m0/s1. The van der Waals surface area contributed by atoms with Crippen molar-refractivity contribution in [2.24, 2.45) is 0 Å². The number of para-hydroxylation sites is 1. The number of hydrogen-bond donors (Lipinski definition) is 1. The van der Waals surface area contributed by atoms with Crippen molar-refractivity contribution in [3.05, 3.63) is 24.3 Å². The van der Waals surface area contributed by atoms with E-state index < -0.39 is 6.04 Å². The molecule has 1 atom stereocenters. The zero-order chi connectivity index (χ0) is 15.4. The highest BCUT2D eigenvalue weighted by molar-refractivity contribution is 5.87. The molecule has 21 heavy (non-hydrogen) atoms. The number of fused-ring (bicyclic) bond motifs is 1. The van der Waals surface area contributed by atoms with E-state index in [0.29, 0.717) is 6.54 Å². The summed E-state index contributed by atoms with van der Waals surface area (Å²) in [6.45, 7) is 2.10. The Hall–Kier alpha value is -2.44. The summed E-state index contributed by atoms with van der Waals surface area (Å²) in [4.78, 5) is 25.0. The summed E-state index contributed by atoms with van der Waals surface area (Å²) in [5, 5.41) is 10.7. The average molecular weight is 289 g/mol. The average Bonchev–Trinajstić information content (AvgIpc) is 2.87. The lowest BCUT2D eigenvalue weighted by atomic mass is 10.2. The number of carbonyl (C=O) groups is 2. The minimum atomic E-state index is -0.528. The van der Waals surface area contributed by atoms with Gasteiger partial charge in [0.05, 0.1) is 12.1 Å². The molecule has 0 unspecified atom stereocenters. The van der Waals surface area contributed by atoms with Gasteiger partial charge in [0, 0.05) is 20.5 Å². The summed E-state index contributed by atoms with van der Waals surface area (Å²) in [5.41, 5.74) is 1.69. The highest BCUT2D eigenvalue weighted by Gasteiger charge is 2.17. The van der Waals surface area contributed by atoms with E-state index in [4.69, 9.17) is 0 Å². The van der Waals surface area contributed by atoms with Crippen molar-refractivity contribution in [2.75, 3.05) is 14.1 Å². The molecular formula is C14H19N5O2. The second-order valence-corrected chi connectivity index (χ2v) is 5.07. The fraction of sp³-hybridized carbons (Fsp3) is 0.429. The summed E-state index contributed by atoms with van der Waals surface area (Å²) in [7, 11) is 3.32. The highest BCUT2D eigenvalue weighted by Crippen LogP contribution is 2.09. The van der Waals surface area contributed by atoms with E-state index >= 15 is 0 Å². The minimum absolute atomic E-state index is 0.130. The van der Waals surface area contributed by atoms with Crippen LogP contribution < -0.4 is 5.32 Å². The van der Waals surface area contributed by atoms with Crippen LogP contribution in [0.25, 0.3) is 11.0 Å². The van der Waals surface area contributed by atoms with Crippen LogP contribution in [0, 0.1) is 0 Å². The summed E-state index contributed by atoms with van der Waals surface area (Å²) in [5.74, 6) is -0.313. The summed E-state index contributed by atoms with van der Waals surface area (Å²) < 4.78 is 1.69. The van der Waals surface area contributed by atoms with Crippen molar-refractivity contribution >= 4 is 22.8 Å². The van der Waals surface area contributed by atoms with Crippen molar-refractivity contribution in [1.29, 1.82) is 0 Å². The maximum Gasteiger partial charge on any atom is 0.244 e. The van der Waals surface area contributed by atoms with E-state index in [1.54, 1.807) is 25.7 Å². The van der Waals surface area contributed by atoms with Crippen LogP contribution in [0.15, 0.2) is 24.3 Å². The molecule has 0 radical (unpaired) electrons. The normalized spacial score (nSPS) is 12.1. The van der Waals surface area contributed by atoms with Gasteiger partial charge in [-0.15, -0.1) is 5.10 Å². The lowest BCUT2D eigenvalue weighted by Gasteiger charge is -2.17. The molecule has 0 aliphatic carbocycles. The Labute approximate surface area is 122 Å². The Morgan fingerprint density at radius 3 is 2.76 bits per heavy atom. The number of carbonyl (C=O) groups excluding carboxylic acids is 2. The van der Waals surface area contributed by atoms with Gasteiger partial charge in [-0.2, -0.15) is 0 Å². The Morgan fingerprint density at radius 2 is 2.05 bits per heavy atom. The first-order chi connectivity index (χ1) is 9.99. The Kier molecular flexibility index (Phi) is 4.52. The third kappa shape index (κ3) is 3.56. The molecule has 1 aromatic carbocycles. The topological polar surface area (TPSA) is 80.1 Å². The molecule has 112 valence electrons. The zero-order valence-electron chi connectivity index (χ0n) is 12.4. The molecule has 0 fully saturated rings. The predicted molar refractivity (Wildman–Crippen MR) is 78.4 cm³/mol. The maximum atomic E-state index is 11.9. The summed E-state index contributed by atoms with van der Waals surface area (Å²) >= 11 is 0. The molecule has 0 saturated carbocycles. The van der Waals surface area contributed by atoms with E-state index in [1.165, 1.54) is 4.90 Å². The van der Waals surface area contributed by atoms with Crippen LogP contribution in [0.5, 0.6) is 0 Å². The third-order valence-electron chi connectivity index (χ3n) is 3.16. The molecule has 0 bridgehead atoms. The molecule has 1 heterocycles. The van der Waals surface area contributed by atoms with Crippen LogP contribution in [-0.2, 0) is 16.1 Å². The van der Waals surface area contributed by atoms with Crippen LogP contribution >= 0.6 is 0 Å². The number of hydrogen-bond acceptors (Lipinski definition) is 4. The van der Waals surface area contributed by atoms with E-state index in [0.717, 1.165) is 11.0 Å². The molecule has 2 rings (SSSR count). The van der Waals surface area contributed by atoms with Gasteiger partial charge in [0.2, 0.25) is 11.8 Å². The molecule has 1 N–H and O–H groups in total. The van der Waals surface area contributed by atoms with E-state index in [-0.39, 0.29) is 18.2 Å². The van der Waals surface area contributed by atoms with E-state index in [1.807, 2.05) is 24.3 Å². The minimum Gasteiger partial charge on any atom is -0.347 e. The van der Waals surface area contributed by atoms with Gasteiger partial charge in [-0.1, -0.05) is 17.3 Å². The number of likely N-dealkylation sites (N-methyl/N-ethyl adjacent to an activating group) is 1. The van der Waals surface area contributed by atoms with Gasteiger partial charge in [0.25, 0.3) is 0 Å². The molecular weight excluding hydrogens is 270 g/mol. The van der Waals surface area contributed by atoms with Crippen LogP contribution in [0.2, 0.25) is 0 Å². The Balaban J connectivity index is 1.91. The monoisotopic (exact) mass is 289 g/mol.